The number of hydrogen-bond donors (Lipinski definition) is 1. The van der Waals surface area contributed by atoms with Gasteiger partial charge in [-0.05, 0) is 50.6 Å². The zero-order valence-electron chi connectivity index (χ0n) is 20.0. The second kappa shape index (κ2) is 11.4. The van der Waals surface area contributed by atoms with E-state index in [0.29, 0.717) is 43.4 Å². The van der Waals surface area contributed by atoms with Crippen molar-refractivity contribution in [3.05, 3.63) is 30.0 Å². The summed E-state index contributed by atoms with van der Waals surface area (Å²) in [6.07, 6.45) is 4.20. The number of thioether (sulfide) groups is 1. The minimum absolute atomic E-state index is 0.171. The average Bonchev–Trinajstić information content (AvgIpc) is 3.51. The molecule has 1 amide bonds. The highest BCUT2D eigenvalue weighted by atomic mass is 32.2. The van der Waals surface area contributed by atoms with Gasteiger partial charge in [-0.2, -0.15) is 5.10 Å². The van der Waals surface area contributed by atoms with Crippen LogP contribution in [0.4, 0.5) is 5.82 Å². The van der Waals surface area contributed by atoms with Gasteiger partial charge in [0, 0.05) is 25.2 Å². The monoisotopic (exact) mass is 484 g/mol. The number of ether oxygens (including phenoxy) is 2. The van der Waals surface area contributed by atoms with Gasteiger partial charge < -0.3 is 19.7 Å². The zero-order valence-corrected chi connectivity index (χ0v) is 20.9. The summed E-state index contributed by atoms with van der Waals surface area (Å²) in [6.45, 7) is 9.90. The van der Waals surface area contributed by atoms with E-state index in [1.165, 1.54) is 12.8 Å². The molecule has 34 heavy (non-hydrogen) atoms. The Morgan fingerprint density at radius 2 is 1.85 bits per heavy atom. The molecular formula is C24H32N6O3S. The third-order valence-corrected chi connectivity index (χ3v) is 6.28. The molecule has 1 fully saturated rings. The van der Waals surface area contributed by atoms with Crippen molar-refractivity contribution in [3.63, 3.8) is 0 Å². The third-order valence-electron chi connectivity index (χ3n) is 5.55. The molecule has 0 unspecified atom stereocenters. The molecule has 3 heterocycles. The number of amides is 1. The minimum atomic E-state index is -0.171. The van der Waals surface area contributed by atoms with Crippen molar-refractivity contribution in [2.45, 2.75) is 45.3 Å². The van der Waals surface area contributed by atoms with Gasteiger partial charge in [0.25, 0.3) is 5.91 Å². The highest BCUT2D eigenvalue weighted by Gasteiger charge is 2.21. The number of aromatic nitrogens is 4. The van der Waals surface area contributed by atoms with Gasteiger partial charge in [-0.15, -0.1) is 0 Å². The summed E-state index contributed by atoms with van der Waals surface area (Å²) < 4.78 is 13.1. The van der Waals surface area contributed by atoms with E-state index in [0.717, 1.165) is 40.9 Å². The number of rotatable bonds is 11. The molecule has 2 aromatic heterocycles. The van der Waals surface area contributed by atoms with E-state index in [1.54, 1.807) is 30.0 Å². The lowest BCUT2D eigenvalue weighted by atomic mass is 10.2. The molecular weight excluding hydrogens is 452 g/mol. The van der Waals surface area contributed by atoms with E-state index in [-0.39, 0.29) is 5.91 Å². The summed E-state index contributed by atoms with van der Waals surface area (Å²) in [6, 6.07) is 5.24. The predicted molar refractivity (Wildman–Crippen MR) is 134 cm³/mol. The maximum absolute atomic E-state index is 12.8. The van der Waals surface area contributed by atoms with Crippen molar-refractivity contribution >= 4 is 34.5 Å². The van der Waals surface area contributed by atoms with Crippen LogP contribution in [0.3, 0.4) is 0 Å². The fraction of sp³-hybridized carbons (Fsp3) is 0.500. The number of carbonyl (C=O) groups excluding carboxylic acids is 1. The van der Waals surface area contributed by atoms with Crippen LogP contribution in [0.5, 0.6) is 11.5 Å². The Bertz CT molecular complexity index is 1130. The fourth-order valence-electron chi connectivity index (χ4n) is 4.02. The minimum Gasteiger partial charge on any atom is -0.490 e. The van der Waals surface area contributed by atoms with Crippen molar-refractivity contribution < 1.29 is 14.3 Å². The van der Waals surface area contributed by atoms with Crippen LogP contribution in [0.25, 0.3) is 11.0 Å². The molecule has 0 aliphatic carbocycles. The first kappa shape index (κ1) is 24.1. The second-order valence-electron chi connectivity index (χ2n) is 7.85. The van der Waals surface area contributed by atoms with Gasteiger partial charge in [-0.25, -0.2) is 14.6 Å². The number of hydrogen-bond acceptors (Lipinski definition) is 8. The van der Waals surface area contributed by atoms with Gasteiger partial charge in [0.1, 0.15) is 5.82 Å². The predicted octanol–water partition coefficient (Wildman–Crippen LogP) is 3.77. The molecule has 1 saturated heterocycles. The number of fused-ring (bicyclic) bond motifs is 1. The van der Waals surface area contributed by atoms with Gasteiger partial charge in [-0.3, -0.25) is 4.79 Å². The number of nitrogens with one attached hydrogen (secondary N) is 1. The maximum Gasteiger partial charge on any atom is 0.251 e. The fourth-order valence-corrected chi connectivity index (χ4v) is 4.58. The standard InChI is InChI=1S/C24H32N6O3S/c1-4-32-19-10-9-17(15-20(19)33-5-2)23(31)25-11-14-30-22-18(16-26-30)21(29-12-7-8-13-29)27-24(28-22)34-6-3/h9-10,15-16H,4-8,11-14H2,1-3H3,(H,25,31). The lowest BCUT2D eigenvalue weighted by molar-refractivity contribution is 0.0951. The lowest BCUT2D eigenvalue weighted by Crippen LogP contribution is -2.27. The van der Waals surface area contributed by atoms with Crippen LogP contribution in [0.15, 0.2) is 29.6 Å². The SMILES string of the molecule is CCOc1ccc(C(=O)NCCn2ncc3c(N4CCCC4)nc(SCC)nc32)cc1OCC. The first-order valence-electron chi connectivity index (χ1n) is 11.9. The highest BCUT2D eigenvalue weighted by molar-refractivity contribution is 7.99. The van der Waals surface area contributed by atoms with Crippen molar-refractivity contribution in [3.8, 4) is 11.5 Å². The second-order valence-corrected chi connectivity index (χ2v) is 9.08. The molecule has 1 aliphatic rings. The number of anilines is 1. The molecule has 0 atom stereocenters. The largest absolute Gasteiger partial charge is 0.490 e. The van der Waals surface area contributed by atoms with Crippen LogP contribution in [-0.4, -0.2) is 64.3 Å². The van der Waals surface area contributed by atoms with E-state index in [9.17, 15) is 4.79 Å². The normalized spacial score (nSPS) is 13.4. The highest BCUT2D eigenvalue weighted by Crippen LogP contribution is 2.30. The molecule has 3 aromatic rings. The van der Waals surface area contributed by atoms with Gasteiger partial charge in [0.2, 0.25) is 0 Å². The molecule has 1 aromatic carbocycles. The van der Waals surface area contributed by atoms with Crippen LogP contribution in [0, 0.1) is 0 Å². The van der Waals surface area contributed by atoms with E-state index in [4.69, 9.17) is 19.4 Å². The van der Waals surface area contributed by atoms with E-state index >= 15 is 0 Å². The van der Waals surface area contributed by atoms with Gasteiger partial charge in [0.05, 0.1) is 31.3 Å². The van der Waals surface area contributed by atoms with E-state index in [2.05, 4.69) is 22.2 Å². The molecule has 0 spiro atoms. The Hall–Kier alpha value is -3.01. The zero-order chi connectivity index (χ0) is 23.9. The number of nitrogens with zero attached hydrogens (tertiary/aromatic N) is 5. The van der Waals surface area contributed by atoms with Crippen molar-refractivity contribution in [2.24, 2.45) is 0 Å². The first-order chi connectivity index (χ1) is 16.6. The van der Waals surface area contributed by atoms with Gasteiger partial charge in [0.15, 0.2) is 22.3 Å². The van der Waals surface area contributed by atoms with E-state index < -0.39 is 0 Å². The molecule has 10 heteroatoms. The van der Waals surface area contributed by atoms with Crippen LogP contribution < -0.4 is 19.7 Å². The third kappa shape index (κ3) is 5.38. The van der Waals surface area contributed by atoms with Crippen molar-refractivity contribution in [1.82, 2.24) is 25.1 Å². The summed E-state index contributed by atoms with van der Waals surface area (Å²) in [5.41, 5.74) is 1.33. The van der Waals surface area contributed by atoms with Crippen LogP contribution in [0.1, 0.15) is 44.0 Å². The molecule has 182 valence electrons. The summed E-state index contributed by atoms with van der Waals surface area (Å²) in [5, 5.41) is 9.26. The maximum atomic E-state index is 12.8. The van der Waals surface area contributed by atoms with Gasteiger partial charge >= 0.3 is 0 Å². The van der Waals surface area contributed by atoms with E-state index in [1.807, 2.05) is 24.7 Å². The van der Waals surface area contributed by atoms with Crippen LogP contribution in [0.2, 0.25) is 0 Å². The topological polar surface area (TPSA) is 94.4 Å². The van der Waals surface area contributed by atoms with Gasteiger partial charge in [-0.1, -0.05) is 18.7 Å². The quantitative estimate of drug-likeness (QED) is 0.325. The molecule has 9 nitrogen and oxygen atoms in total. The molecule has 0 radical (unpaired) electrons. The average molecular weight is 485 g/mol. The van der Waals surface area contributed by atoms with Crippen LogP contribution in [-0.2, 0) is 6.54 Å². The lowest BCUT2D eigenvalue weighted by Gasteiger charge is -2.17. The summed E-state index contributed by atoms with van der Waals surface area (Å²) in [7, 11) is 0. The molecule has 1 aliphatic heterocycles. The Morgan fingerprint density at radius 1 is 1.09 bits per heavy atom. The molecule has 4 rings (SSSR count). The first-order valence-corrected chi connectivity index (χ1v) is 12.9. The summed E-state index contributed by atoms with van der Waals surface area (Å²) in [5.74, 6) is 2.91. The smallest absolute Gasteiger partial charge is 0.251 e. The van der Waals surface area contributed by atoms with Crippen molar-refractivity contribution in [1.29, 1.82) is 0 Å². The summed E-state index contributed by atoms with van der Waals surface area (Å²) >= 11 is 1.63. The van der Waals surface area contributed by atoms with Crippen LogP contribution >= 0.6 is 11.8 Å². The number of benzene rings is 1. The molecule has 1 N–H and O–H groups in total. The summed E-state index contributed by atoms with van der Waals surface area (Å²) in [4.78, 5) is 24.6. The molecule has 0 bridgehead atoms. The van der Waals surface area contributed by atoms with Crippen molar-refractivity contribution in [2.75, 3.05) is 43.5 Å². The molecule has 0 saturated carbocycles. The Kier molecular flexibility index (Phi) is 8.10. The Morgan fingerprint density at radius 3 is 2.59 bits per heavy atom. The Balaban J connectivity index is 1.47. The number of carbonyl (C=O) groups is 1. The Labute approximate surface area is 204 Å².